The highest BCUT2D eigenvalue weighted by molar-refractivity contribution is 6.17. The van der Waals surface area contributed by atoms with Crippen molar-refractivity contribution < 1.29 is 4.79 Å². The summed E-state index contributed by atoms with van der Waals surface area (Å²) in [5, 5.41) is 0. The van der Waals surface area contributed by atoms with Gasteiger partial charge >= 0.3 is 0 Å². The molecule has 1 amide bonds. The van der Waals surface area contributed by atoms with Gasteiger partial charge in [-0.05, 0) is 18.8 Å². The molecule has 0 bridgehead atoms. The fourth-order valence-electron chi connectivity index (χ4n) is 0.985. The molecule has 0 unspecified atom stereocenters. The van der Waals surface area contributed by atoms with E-state index in [1.165, 1.54) is 0 Å². The second-order valence-electron chi connectivity index (χ2n) is 3.79. The average Bonchev–Trinajstić information content (AvgIpc) is 2.10. The van der Waals surface area contributed by atoms with Crippen LogP contribution in [0, 0.1) is 5.92 Å². The Morgan fingerprint density at radius 2 is 2.08 bits per heavy atom. The van der Waals surface area contributed by atoms with E-state index in [0.717, 1.165) is 19.4 Å². The number of rotatable bonds is 6. The molecule has 0 rings (SSSR count). The highest BCUT2D eigenvalue weighted by Gasteiger charge is 2.07. The van der Waals surface area contributed by atoms with Gasteiger partial charge in [-0.3, -0.25) is 4.79 Å². The van der Waals surface area contributed by atoms with Crippen LogP contribution in [0.3, 0.4) is 0 Å². The van der Waals surface area contributed by atoms with Crippen LogP contribution in [0.15, 0.2) is 0 Å². The summed E-state index contributed by atoms with van der Waals surface area (Å²) in [6.45, 7) is 5.19. The van der Waals surface area contributed by atoms with Crippen LogP contribution in [0.4, 0.5) is 0 Å². The van der Waals surface area contributed by atoms with Crippen LogP contribution in [0.5, 0.6) is 0 Å². The van der Waals surface area contributed by atoms with Crippen LogP contribution in [0.25, 0.3) is 0 Å². The topological polar surface area (TPSA) is 20.3 Å². The zero-order chi connectivity index (χ0) is 10.3. The summed E-state index contributed by atoms with van der Waals surface area (Å²) in [4.78, 5) is 13.2. The number of carbonyl (C=O) groups is 1. The van der Waals surface area contributed by atoms with E-state index in [-0.39, 0.29) is 5.91 Å². The predicted molar refractivity (Wildman–Crippen MR) is 57.0 cm³/mol. The Kier molecular flexibility index (Phi) is 7.06. The molecule has 2 nitrogen and oxygen atoms in total. The predicted octanol–water partition coefficient (Wildman–Crippen LogP) is 2.51. The van der Waals surface area contributed by atoms with Crippen molar-refractivity contribution in [1.82, 2.24) is 4.90 Å². The Hall–Kier alpha value is -0.240. The van der Waals surface area contributed by atoms with Gasteiger partial charge in [-0.1, -0.05) is 13.8 Å². The van der Waals surface area contributed by atoms with E-state index in [1.807, 2.05) is 7.05 Å². The van der Waals surface area contributed by atoms with Crippen molar-refractivity contribution in [3.8, 4) is 0 Å². The Balaban J connectivity index is 3.57. The monoisotopic (exact) mass is 205 g/mol. The molecule has 0 aliphatic carbocycles. The molecule has 0 saturated carbocycles. The van der Waals surface area contributed by atoms with Crippen LogP contribution in [0.2, 0.25) is 0 Å². The molecule has 0 saturated heterocycles. The number of halogens is 1. The van der Waals surface area contributed by atoms with Gasteiger partial charge in [0, 0.05) is 25.9 Å². The number of hydrogen-bond donors (Lipinski definition) is 0. The first-order chi connectivity index (χ1) is 6.07. The number of amides is 1. The summed E-state index contributed by atoms with van der Waals surface area (Å²) in [5.74, 6) is 1.44. The van der Waals surface area contributed by atoms with Crippen molar-refractivity contribution >= 4 is 17.5 Å². The smallest absolute Gasteiger partial charge is 0.222 e. The maximum absolute atomic E-state index is 11.4. The highest BCUT2D eigenvalue weighted by atomic mass is 35.5. The van der Waals surface area contributed by atoms with E-state index in [0.29, 0.717) is 18.2 Å². The number of nitrogens with zero attached hydrogens (tertiary/aromatic N) is 1. The van der Waals surface area contributed by atoms with Crippen LogP contribution in [0.1, 0.15) is 33.1 Å². The molecule has 0 aliphatic rings. The molecule has 0 aliphatic heterocycles. The van der Waals surface area contributed by atoms with Crippen molar-refractivity contribution in [2.45, 2.75) is 33.1 Å². The standard InChI is InChI=1S/C10H20ClNO/c1-9(2)6-8-12(3)10(13)5-4-7-11/h9H,4-8H2,1-3H3. The fourth-order valence-corrected chi connectivity index (χ4v) is 1.12. The first-order valence-corrected chi connectivity index (χ1v) is 5.41. The molecule has 0 radical (unpaired) electrons. The summed E-state index contributed by atoms with van der Waals surface area (Å²) in [6.07, 6.45) is 2.44. The zero-order valence-electron chi connectivity index (χ0n) is 8.85. The summed E-state index contributed by atoms with van der Waals surface area (Å²) in [7, 11) is 1.86. The SMILES string of the molecule is CC(C)CCN(C)C(=O)CCCCl. The van der Waals surface area contributed by atoms with Crippen LogP contribution in [-0.4, -0.2) is 30.3 Å². The lowest BCUT2D eigenvalue weighted by Gasteiger charge is -2.17. The lowest BCUT2D eigenvalue weighted by molar-refractivity contribution is -0.130. The van der Waals surface area contributed by atoms with Crippen molar-refractivity contribution in [1.29, 1.82) is 0 Å². The molecule has 3 heteroatoms. The summed E-state index contributed by atoms with van der Waals surface area (Å²) in [5.41, 5.74) is 0. The molecule has 0 fully saturated rings. The largest absolute Gasteiger partial charge is 0.346 e. The van der Waals surface area contributed by atoms with Crippen LogP contribution >= 0.6 is 11.6 Å². The van der Waals surface area contributed by atoms with Gasteiger partial charge in [0.15, 0.2) is 0 Å². The molecular weight excluding hydrogens is 186 g/mol. The summed E-state index contributed by atoms with van der Waals surface area (Å²) >= 11 is 5.51. The molecule has 0 aromatic heterocycles. The van der Waals surface area contributed by atoms with Gasteiger partial charge in [0.05, 0.1) is 0 Å². The lowest BCUT2D eigenvalue weighted by Crippen LogP contribution is -2.28. The number of hydrogen-bond acceptors (Lipinski definition) is 1. The van der Waals surface area contributed by atoms with E-state index in [1.54, 1.807) is 4.90 Å². The second-order valence-corrected chi connectivity index (χ2v) is 4.17. The van der Waals surface area contributed by atoms with E-state index < -0.39 is 0 Å². The molecule has 0 heterocycles. The van der Waals surface area contributed by atoms with E-state index in [4.69, 9.17) is 11.6 Å². The molecule has 13 heavy (non-hydrogen) atoms. The summed E-state index contributed by atoms with van der Waals surface area (Å²) in [6, 6.07) is 0. The molecule has 78 valence electrons. The normalized spacial score (nSPS) is 10.5. The lowest BCUT2D eigenvalue weighted by atomic mass is 10.1. The third-order valence-corrected chi connectivity index (χ3v) is 2.26. The van der Waals surface area contributed by atoms with Gasteiger partial charge in [-0.25, -0.2) is 0 Å². The van der Waals surface area contributed by atoms with E-state index in [9.17, 15) is 4.79 Å². The van der Waals surface area contributed by atoms with Gasteiger partial charge < -0.3 is 4.90 Å². The maximum Gasteiger partial charge on any atom is 0.222 e. The molecule has 0 aromatic rings. The molecular formula is C10H20ClNO. The fraction of sp³-hybridized carbons (Fsp3) is 0.900. The van der Waals surface area contributed by atoms with Crippen molar-refractivity contribution in [2.24, 2.45) is 5.92 Å². The summed E-state index contributed by atoms with van der Waals surface area (Å²) < 4.78 is 0. The van der Waals surface area contributed by atoms with Crippen molar-refractivity contribution in [3.63, 3.8) is 0 Å². The van der Waals surface area contributed by atoms with Crippen molar-refractivity contribution in [2.75, 3.05) is 19.5 Å². The molecule has 0 aromatic carbocycles. The Bertz CT molecular complexity index is 148. The maximum atomic E-state index is 11.4. The van der Waals surface area contributed by atoms with Crippen LogP contribution < -0.4 is 0 Å². The third kappa shape index (κ3) is 6.88. The number of carbonyl (C=O) groups excluding carboxylic acids is 1. The Labute approximate surface area is 86.2 Å². The third-order valence-electron chi connectivity index (χ3n) is 1.99. The molecule has 0 N–H and O–H groups in total. The quantitative estimate of drug-likeness (QED) is 0.611. The van der Waals surface area contributed by atoms with Crippen LogP contribution in [-0.2, 0) is 4.79 Å². The minimum atomic E-state index is 0.210. The highest BCUT2D eigenvalue weighted by Crippen LogP contribution is 2.03. The molecule has 0 atom stereocenters. The minimum absolute atomic E-state index is 0.210. The first kappa shape index (κ1) is 12.8. The minimum Gasteiger partial charge on any atom is -0.346 e. The van der Waals surface area contributed by atoms with Gasteiger partial charge in [0.2, 0.25) is 5.91 Å². The Morgan fingerprint density at radius 1 is 1.46 bits per heavy atom. The average molecular weight is 206 g/mol. The van der Waals surface area contributed by atoms with E-state index >= 15 is 0 Å². The zero-order valence-corrected chi connectivity index (χ0v) is 9.60. The van der Waals surface area contributed by atoms with Gasteiger partial charge in [0.25, 0.3) is 0 Å². The number of alkyl halides is 1. The first-order valence-electron chi connectivity index (χ1n) is 4.87. The van der Waals surface area contributed by atoms with E-state index in [2.05, 4.69) is 13.8 Å². The second kappa shape index (κ2) is 7.19. The van der Waals surface area contributed by atoms with Gasteiger partial charge in [-0.2, -0.15) is 0 Å². The Morgan fingerprint density at radius 3 is 2.54 bits per heavy atom. The van der Waals surface area contributed by atoms with Gasteiger partial charge in [0.1, 0.15) is 0 Å². The van der Waals surface area contributed by atoms with Gasteiger partial charge in [-0.15, -0.1) is 11.6 Å². The van der Waals surface area contributed by atoms with Crippen molar-refractivity contribution in [3.05, 3.63) is 0 Å². The molecule has 0 spiro atoms.